The van der Waals surface area contributed by atoms with Crippen LogP contribution >= 0.6 is 0 Å². The monoisotopic (exact) mass is 1160 g/mol. The van der Waals surface area contributed by atoms with Gasteiger partial charge in [0, 0.05) is 69.7 Å². The summed E-state index contributed by atoms with van der Waals surface area (Å²) in [7, 11) is 0. The second-order valence-electron chi connectivity index (χ2n) is 22.9. The summed E-state index contributed by atoms with van der Waals surface area (Å²) in [6, 6.07) is 110. The van der Waals surface area contributed by atoms with Gasteiger partial charge in [-0.1, -0.05) is 218 Å². The van der Waals surface area contributed by atoms with Gasteiger partial charge in [-0.15, -0.1) is 0 Å². The largest absolute Gasteiger partial charge is 0.309 e. The van der Waals surface area contributed by atoms with Gasteiger partial charge in [0.15, 0.2) is 0 Å². The van der Waals surface area contributed by atoms with Gasteiger partial charge in [0.25, 0.3) is 0 Å². The summed E-state index contributed by atoms with van der Waals surface area (Å²) in [6.07, 6.45) is 9.46. The Kier molecular flexibility index (Phi) is 14.2. The van der Waals surface area contributed by atoms with Crippen molar-refractivity contribution in [2.24, 2.45) is 0 Å². The molecular weight excluding hydrogens is 1100 g/mol. The summed E-state index contributed by atoms with van der Waals surface area (Å²) in [4.78, 5) is 23.3. The molecule has 0 aliphatic rings. The number of nitrogens with zero attached hydrogens (tertiary/aromatic N) is 6. The van der Waals surface area contributed by atoms with Crippen molar-refractivity contribution in [1.82, 2.24) is 29.5 Å². The summed E-state index contributed by atoms with van der Waals surface area (Å²) in [6.45, 7) is 0. The molecule has 16 rings (SSSR count). The van der Waals surface area contributed by atoms with Crippen molar-refractivity contribution in [3.05, 3.63) is 340 Å². The molecule has 0 unspecified atom stereocenters. The molecule has 0 bridgehead atoms. The summed E-state index contributed by atoms with van der Waals surface area (Å²) in [5, 5.41) is 2.38. The highest BCUT2D eigenvalue weighted by atomic mass is 15.0. The smallest absolute Gasteiger partial charge is 0.0886 e. The average Bonchev–Trinajstić information content (AvgIpc) is 1.66. The fraction of sp³-hybridized carbons (Fsp3) is 0. The molecule has 426 valence electrons. The first-order valence-electron chi connectivity index (χ1n) is 30.6. The molecule has 0 spiro atoms. The van der Waals surface area contributed by atoms with E-state index in [1.54, 1.807) is 12.4 Å². The van der Waals surface area contributed by atoms with E-state index in [1.807, 2.05) is 73.2 Å². The third-order valence-electron chi connectivity index (χ3n) is 17.4. The maximum Gasteiger partial charge on any atom is 0.0886 e. The van der Waals surface area contributed by atoms with E-state index in [2.05, 4.69) is 269 Å². The van der Waals surface area contributed by atoms with Crippen LogP contribution in [0.25, 0.3) is 162 Å². The summed E-state index contributed by atoms with van der Waals surface area (Å²) in [5.41, 5.74) is 29.3. The maximum absolute atomic E-state index is 4.88. The second kappa shape index (κ2) is 23.8. The molecule has 0 fully saturated rings. The molecule has 0 radical (unpaired) electrons. The van der Waals surface area contributed by atoms with Crippen LogP contribution in [0.15, 0.2) is 340 Å². The molecule has 6 heteroatoms. The SMILES string of the molecule is c1ccc(-c2ccc(-c3ccccc3-c3ccc(-c4ccc5c(c4)c4cc(-c6ccc(-c7cccc(-c8ccc(-c9ccccn9)nc8)c7)cc6)ccc4n5-c4ccc(-c5ccc(-c6cccc(-c7ccc(-c8ccccn8)nc7)c6)cc5)cc4)cc3)cn2)cc1. The van der Waals surface area contributed by atoms with Crippen molar-refractivity contribution in [3.63, 3.8) is 0 Å². The third-order valence-corrected chi connectivity index (χ3v) is 17.4. The molecule has 0 atom stereocenters. The van der Waals surface area contributed by atoms with Crippen LogP contribution < -0.4 is 0 Å². The molecule has 0 aliphatic carbocycles. The van der Waals surface area contributed by atoms with Crippen molar-refractivity contribution in [3.8, 4) is 140 Å². The number of pyridine rings is 5. The molecule has 6 heterocycles. The second-order valence-corrected chi connectivity index (χ2v) is 22.9. The van der Waals surface area contributed by atoms with Gasteiger partial charge < -0.3 is 4.57 Å². The first-order valence-corrected chi connectivity index (χ1v) is 30.6. The Balaban J connectivity index is 0.708. The minimum absolute atomic E-state index is 0.855. The Morgan fingerprint density at radius 1 is 0.187 bits per heavy atom. The Labute approximate surface area is 528 Å². The molecule has 0 N–H and O–H groups in total. The van der Waals surface area contributed by atoms with Crippen molar-refractivity contribution < 1.29 is 0 Å². The van der Waals surface area contributed by atoms with Crippen LogP contribution in [0.2, 0.25) is 0 Å². The first kappa shape index (κ1) is 54.2. The van der Waals surface area contributed by atoms with Crippen molar-refractivity contribution >= 4 is 21.8 Å². The first-order chi connectivity index (χ1) is 45.1. The van der Waals surface area contributed by atoms with Gasteiger partial charge >= 0.3 is 0 Å². The van der Waals surface area contributed by atoms with Crippen LogP contribution in [0.4, 0.5) is 0 Å². The van der Waals surface area contributed by atoms with Crippen molar-refractivity contribution in [1.29, 1.82) is 0 Å². The van der Waals surface area contributed by atoms with Gasteiger partial charge in [0.05, 0.1) is 39.5 Å². The maximum atomic E-state index is 4.88. The molecule has 0 saturated heterocycles. The number of benzene rings is 10. The minimum Gasteiger partial charge on any atom is -0.309 e. The van der Waals surface area contributed by atoms with Crippen LogP contribution in [0.5, 0.6) is 0 Å². The van der Waals surface area contributed by atoms with Gasteiger partial charge in [0.2, 0.25) is 0 Å². The molecule has 0 saturated carbocycles. The molecule has 16 aromatic rings. The highest BCUT2D eigenvalue weighted by Crippen LogP contribution is 2.41. The number of hydrogen-bond acceptors (Lipinski definition) is 5. The van der Waals surface area contributed by atoms with Gasteiger partial charge in [-0.05, 0) is 174 Å². The predicted molar refractivity (Wildman–Crippen MR) is 375 cm³/mol. The number of rotatable bonds is 13. The highest BCUT2D eigenvalue weighted by Gasteiger charge is 2.17. The summed E-state index contributed by atoms with van der Waals surface area (Å²) in [5.74, 6) is 0. The average molecular weight is 1160 g/mol. The molecule has 0 aliphatic heterocycles. The van der Waals surface area contributed by atoms with Crippen LogP contribution in [-0.4, -0.2) is 29.5 Å². The van der Waals surface area contributed by atoms with E-state index in [0.717, 1.165) is 145 Å². The summed E-state index contributed by atoms with van der Waals surface area (Å²) >= 11 is 0. The molecule has 10 aromatic carbocycles. The van der Waals surface area contributed by atoms with Gasteiger partial charge in [0.1, 0.15) is 0 Å². The highest BCUT2D eigenvalue weighted by molar-refractivity contribution is 6.12. The topological polar surface area (TPSA) is 69.4 Å². The Morgan fingerprint density at radius 3 is 0.956 bits per heavy atom. The van der Waals surface area contributed by atoms with Crippen molar-refractivity contribution in [2.75, 3.05) is 0 Å². The minimum atomic E-state index is 0.855. The molecule has 0 amide bonds. The van der Waals surface area contributed by atoms with E-state index in [1.165, 1.54) is 16.3 Å². The predicted octanol–water partition coefficient (Wildman–Crippen LogP) is 21.8. The van der Waals surface area contributed by atoms with Crippen LogP contribution in [-0.2, 0) is 0 Å². The van der Waals surface area contributed by atoms with Crippen LogP contribution in [0, 0.1) is 0 Å². The Bertz CT molecular complexity index is 5240. The molecule has 6 nitrogen and oxygen atoms in total. The van der Waals surface area contributed by atoms with E-state index in [-0.39, 0.29) is 0 Å². The van der Waals surface area contributed by atoms with Crippen molar-refractivity contribution in [2.45, 2.75) is 0 Å². The quantitative estimate of drug-likeness (QED) is 0.115. The lowest BCUT2D eigenvalue weighted by Gasteiger charge is -2.12. The fourth-order valence-electron chi connectivity index (χ4n) is 12.6. The number of hydrogen-bond donors (Lipinski definition) is 0. The Morgan fingerprint density at radius 2 is 0.516 bits per heavy atom. The fourth-order valence-corrected chi connectivity index (χ4v) is 12.6. The molecular formula is C85H56N6. The van der Waals surface area contributed by atoms with Crippen LogP contribution in [0.1, 0.15) is 0 Å². The molecule has 6 aromatic heterocycles. The Hall–Kier alpha value is -12.3. The lowest BCUT2D eigenvalue weighted by Crippen LogP contribution is -1.94. The number of aromatic nitrogens is 6. The van der Waals surface area contributed by atoms with E-state index in [4.69, 9.17) is 15.0 Å². The lowest BCUT2D eigenvalue weighted by atomic mass is 9.93. The van der Waals surface area contributed by atoms with Crippen LogP contribution in [0.3, 0.4) is 0 Å². The van der Waals surface area contributed by atoms with Gasteiger partial charge in [-0.2, -0.15) is 0 Å². The zero-order valence-electron chi connectivity index (χ0n) is 49.5. The molecule has 91 heavy (non-hydrogen) atoms. The lowest BCUT2D eigenvalue weighted by molar-refractivity contribution is 1.18. The normalized spacial score (nSPS) is 11.3. The van der Waals surface area contributed by atoms with E-state index >= 15 is 0 Å². The number of fused-ring (bicyclic) bond motifs is 3. The van der Waals surface area contributed by atoms with E-state index in [9.17, 15) is 0 Å². The zero-order valence-corrected chi connectivity index (χ0v) is 49.5. The summed E-state index contributed by atoms with van der Waals surface area (Å²) < 4.78 is 2.42. The van der Waals surface area contributed by atoms with E-state index in [0.29, 0.717) is 0 Å². The van der Waals surface area contributed by atoms with Gasteiger partial charge in [-0.25, -0.2) is 0 Å². The third kappa shape index (κ3) is 10.9. The van der Waals surface area contributed by atoms with Gasteiger partial charge in [-0.3, -0.25) is 24.9 Å². The van der Waals surface area contributed by atoms with E-state index < -0.39 is 0 Å². The zero-order chi connectivity index (χ0) is 60.5. The standard InChI is InChI=1S/C85H56N6/c1-2-12-64(13-3-1)79-43-38-73(56-88-79)76-19-5-4-18-75(76)63-32-30-62(31-33-63)70-40-47-85-78(53-70)77-52-69(61-28-26-60(27-29-61)66-15-11-17-68(51-66)72-37-45-83(90-55-72)81-21-7-9-49-87-81)39-46-84(77)91(85)74-41-34-58(35-42-74)57-22-24-59(25-23-57)65-14-10-16-67(50-65)71-36-44-82(89-54-71)80-20-6-8-48-86-80/h1-56H.